The second kappa shape index (κ2) is 7.06. The van der Waals surface area contributed by atoms with Crippen LogP contribution in [0.2, 0.25) is 0 Å². The van der Waals surface area contributed by atoms with Crippen molar-refractivity contribution in [3.63, 3.8) is 0 Å². The first-order valence-corrected chi connectivity index (χ1v) is 7.47. The van der Waals surface area contributed by atoms with Gasteiger partial charge in [0.2, 0.25) is 0 Å². The minimum absolute atomic E-state index is 0.715. The molecule has 21 heavy (non-hydrogen) atoms. The van der Waals surface area contributed by atoms with Crippen molar-refractivity contribution in [3.05, 3.63) is 29.3 Å². The van der Waals surface area contributed by atoms with Crippen molar-refractivity contribution in [2.24, 2.45) is 7.05 Å². The van der Waals surface area contributed by atoms with Crippen LogP contribution in [0, 0.1) is 6.92 Å². The van der Waals surface area contributed by atoms with Crippen molar-refractivity contribution in [2.45, 2.75) is 40.2 Å². The van der Waals surface area contributed by atoms with Gasteiger partial charge in [0, 0.05) is 43.9 Å². The first kappa shape index (κ1) is 15.3. The lowest BCUT2D eigenvalue weighted by atomic mass is 10.2. The molecule has 2 aromatic rings. The van der Waals surface area contributed by atoms with Crippen LogP contribution in [0.15, 0.2) is 12.3 Å². The molecule has 2 aromatic heterocycles. The standard InChI is InChI=1S/C15H24N6/c1-5-7-16-14-8-15(20-13(6-2)19-14)17-9-12-10-18-21(4)11(12)3/h8,10H,5-7,9H2,1-4H3,(H2,16,17,19,20). The van der Waals surface area contributed by atoms with Crippen LogP contribution in [0.5, 0.6) is 0 Å². The Morgan fingerprint density at radius 3 is 2.43 bits per heavy atom. The third kappa shape index (κ3) is 3.93. The van der Waals surface area contributed by atoms with Gasteiger partial charge in [-0.1, -0.05) is 13.8 Å². The molecule has 0 unspecified atom stereocenters. The van der Waals surface area contributed by atoms with E-state index in [0.717, 1.165) is 42.5 Å². The second-order valence-corrected chi connectivity index (χ2v) is 5.07. The molecule has 0 aliphatic carbocycles. The molecule has 0 aliphatic heterocycles. The van der Waals surface area contributed by atoms with Gasteiger partial charge in [-0.25, -0.2) is 9.97 Å². The van der Waals surface area contributed by atoms with Crippen LogP contribution in [0.1, 0.15) is 37.4 Å². The summed E-state index contributed by atoms with van der Waals surface area (Å²) in [5, 5.41) is 10.9. The van der Waals surface area contributed by atoms with Gasteiger partial charge in [0.05, 0.1) is 6.20 Å². The Labute approximate surface area is 126 Å². The average molecular weight is 288 g/mol. The number of aryl methyl sites for hydroxylation is 2. The summed E-state index contributed by atoms with van der Waals surface area (Å²) in [6.07, 6.45) is 3.78. The van der Waals surface area contributed by atoms with E-state index in [1.807, 2.05) is 24.0 Å². The summed E-state index contributed by atoms with van der Waals surface area (Å²) in [6, 6.07) is 1.96. The number of aromatic nitrogens is 4. The van der Waals surface area contributed by atoms with E-state index in [0.29, 0.717) is 6.54 Å². The fourth-order valence-electron chi connectivity index (χ4n) is 1.99. The van der Waals surface area contributed by atoms with Crippen LogP contribution in [0.4, 0.5) is 11.6 Å². The van der Waals surface area contributed by atoms with E-state index in [1.54, 1.807) is 0 Å². The summed E-state index contributed by atoms with van der Waals surface area (Å²) >= 11 is 0. The normalized spacial score (nSPS) is 10.7. The lowest BCUT2D eigenvalue weighted by molar-refractivity contribution is 0.738. The van der Waals surface area contributed by atoms with Crippen LogP contribution < -0.4 is 10.6 Å². The first-order chi connectivity index (χ1) is 10.1. The van der Waals surface area contributed by atoms with Crippen molar-refractivity contribution in [3.8, 4) is 0 Å². The average Bonchev–Trinajstić information content (AvgIpc) is 2.82. The smallest absolute Gasteiger partial charge is 0.132 e. The molecule has 0 aromatic carbocycles. The molecule has 0 radical (unpaired) electrons. The molecule has 0 fully saturated rings. The van der Waals surface area contributed by atoms with Gasteiger partial charge in [-0.2, -0.15) is 5.10 Å². The predicted molar refractivity (Wildman–Crippen MR) is 85.5 cm³/mol. The summed E-state index contributed by atoms with van der Waals surface area (Å²) in [5.41, 5.74) is 2.34. The highest BCUT2D eigenvalue weighted by Crippen LogP contribution is 2.14. The minimum Gasteiger partial charge on any atom is -0.370 e. The summed E-state index contributed by atoms with van der Waals surface area (Å²) in [6.45, 7) is 7.90. The Morgan fingerprint density at radius 2 is 1.86 bits per heavy atom. The highest BCUT2D eigenvalue weighted by molar-refractivity contribution is 5.48. The summed E-state index contributed by atoms with van der Waals surface area (Å²) in [4.78, 5) is 9.01. The van der Waals surface area contributed by atoms with Gasteiger partial charge in [0.1, 0.15) is 17.5 Å². The maximum Gasteiger partial charge on any atom is 0.132 e. The van der Waals surface area contributed by atoms with Gasteiger partial charge in [-0.3, -0.25) is 4.68 Å². The number of nitrogens with zero attached hydrogens (tertiary/aromatic N) is 4. The summed E-state index contributed by atoms with van der Waals surface area (Å²) in [7, 11) is 1.95. The van der Waals surface area contributed by atoms with E-state index >= 15 is 0 Å². The van der Waals surface area contributed by atoms with Crippen molar-refractivity contribution in [1.82, 2.24) is 19.7 Å². The fourth-order valence-corrected chi connectivity index (χ4v) is 1.99. The molecule has 0 saturated heterocycles. The molecule has 0 bridgehead atoms. The van der Waals surface area contributed by atoms with Crippen LogP contribution in [-0.4, -0.2) is 26.3 Å². The third-order valence-electron chi connectivity index (χ3n) is 3.44. The Kier molecular flexibility index (Phi) is 5.14. The highest BCUT2D eigenvalue weighted by Gasteiger charge is 2.06. The predicted octanol–water partition coefficient (Wildman–Crippen LogP) is 2.51. The maximum absolute atomic E-state index is 4.52. The molecule has 0 amide bonds. The molecule has 2 rings (SSSR count). The van der Waals surface area contributed by atoms with Crippen LogP contribution in [0.3, 0.4) is 0 Å². The van der Waals surface area contributed by atoms with Crippen LogP contribution >= 0.6 is 0 Å². The molecule has 114 valence electrons. The van der Waals surface area contributed by atoms with E-state index in [4.69, 9.17) is 0 Å². The van der Waals surface area contributed by atoms with Crippen molar-refractivity contribution >= 4 is 11.6 Å². The van der Waals surface area contributed by atoms with E-state index in [9.17, 15) is 0 Å². The number of anilines is 2. The monoisotopic (exact) mass is 288 g/mol. The van der Waals surface area contributed by atoms with E-state index in [2.05, 4.69) is 46.5 Å². The van der Waals surface area contributed by atoms with Gasteiger partial charge in [-0.05, 0) is 13.3 Å². The second-order valence-electron chi connectivity index (χ2n) is 5.07. The van der Waals surface area contributed by atoms with Crippen molar-refractivity contribution < 1.29 is 0 Å². The van der Waals surface area contributed by atoms with Gasteiger partial charge >= 0.3 is 0 Å². The van der Waals surface area contributed by atoms with E-state index in [-0.39, 0.29) is 0 Å². The van der Waals surface area contributed by atoms with Crippen LogP contribution in [0.25, 0.3) is 0 Å². The lowest BCUT2D eigenvalue weighted by Crippen LogP contribution is -2.09. The van der Waals surface area contributed by atoms with Crippen LogP contribution in [-0.2, 0) is 20.0 Å². The summed E-state index contributed by atoms with van der Waals surface area (Å²) in [5.74, 6) is 2.58. The van der Waals surface area contributed by atoms with Gasteiger partial charge in [-0.15, -0.1) is 0 Å². The SMILES string of the molecule is CCCNc1cc(NCc2cnn(C)c2C)nc(CC)n1. The van der Waals surface area contributed by atoms with E-state index in [1.165, 1.54) is 5.56 Å². The molecule has 0 saturated carbocycles. The molecule has 0 spiro atoms. The zero-order valence-electron chi connectivity index (χ0n) is 13.3. The molecular formula is C15H24N6. The minimum atomic E-state index is 0.715. The van der Waals surface area contributed by atoms with E-state index < -0.39 is 0 Å². The zero-order valence-corrected chi connectivity index (χ0v) is 13.3. The van der Waals surface area contributed by atoms with Gasteiger partial charge in [0.15, 0.2) is 0 Å². The molecule has 0 atom stereocenters. The maximum atomic E-state index is 4.52. The number of nitrogens with one attached hydrogen (secondary N) is 2. The zero-order chi connectivity index (χ0) is 15.2. The Hall–Kier alpha value is -2.11. The first-order valence-electron chi connectivity index (χ1n) is 7.47. The van der Waals surface area contributed by atoms with Crippen molar-refractivity contribution in [2.75, 3.05) is 17.2 Å². The topological polar surface area (TPSA) is 67.7 Å². The van der Waals surface area contributed by atoms with Gasteiger partial charge in [0.25, 0.3) is 0 Å². The highest BCUT2D eigenvalue weighted by atomic mass is 15.3. The largest absolute Gasteiger partial charge is 0.370 e. The fraction of sp³-hybridized carbons (Fsp3) is 0.533. The third-order valence-corrected chi connectivity index (χ3v) is 3.44. The summed E-state index contributed by atoms with van der Waals surface area (Å²) < 4.78 is 1.88. The number of hydrogen-bond acceptors (Lipinski definition) is 5. The molecule has 6 nitrogen and oxygen atoms in total. The molecule has 2 heterocycles. The number of rotatable bonds is 7. The quantitative estimate of drug-likeness (QED) is 0.819. The molecule has 2 N–H and O–H groups in total. The Balaban J connectivity index is 2.09. The Morgan fingerprint density at radius 1 is 1.14 bits per heavy atom. The molecule has 0 aliphatic rings. The lowest BCUT2D eigenvalue weighted by Gasteiger charge is -2.10. The molecule has 6 heteroatoms. The van der Waals surface area contributed by atoms with Crippen molar-refractivity contribution in [1.29, 1.82) is 0 Å². The number of hydrogen-bond donors (Lipinski definition) is 2. The molecular weight excluding hydrogens is 264 g/mol. The Bertz CT molecular complexity index is 590. The van der Waals surface area contributed by atoms with Gasteiger partial charge < -0.3 is 10.6 Å².